The Bertz CT molecular complexity index is 1390. The summed E-state index contributed by atoms with van der Waals surface area (Å²) in [5, 5.41) is 17.9. The molecule has 1 atom stereocenters. The van der Waals surface area contributed by atoms with Crippen molar-refractivity contribution in [3.63, 3.8) is 0 Å². The molecule has 0 saturated heterocycles. The molecule has 2 aromatic carbocycles. The molecule has 11 nitrogen and oxygen atoms in total. The molecule has 0 aliphatic carbocycles. The fourth-order valence-corrected chi connectivity index (χ4v) is 3.94. The molecule has 11 heteroatoms. The van der Waals surface area contributed by atoms with Crippen molar-refractivity contribution in [2.45, 2.75) is 5.92 Å². The number of nitrogens with zero attached hydrogens (tertiary/aromatic N) is 4. The Kier molecular flexibility index (Phi) is 5.88. The minimum Gasteiger partial charge on any atom is -0.494 e. The second kappa shape index (κ2) is 8.95. The van der Waals surface area contributed by atoms with Gasteiger partial charge in [0.05, 0.1) is 50.2 Å². The number of carbonyl (C=O) groups excluding carboxylic acids is 2. The van der Waals surface area contributed by atoms with Gasteiger partial charge in [-0.3, -0.25) is 4.90 Å². The lowest BCUT2D eigenvalue weighted by atomic mass is 9.81. The number of nitrogens with two attached hydrogens (primary N) is 1. The molecule has 2 heterocycles. The summed E-state index contributed by atoms with van der Waals surface area (Å²) >= 11 is 0. The summed E-state index contributed by atoms with van der Waals surface area (Å²) in [6, 6.07) is 13.9. The smallest absolute Gasteiger partial charge is 0.355 e. The zero-order valence-corrected chi connectivity index (χ0v) is 18.4. The highest BCUT2D eigenvalue weighted by atomic mass is 16.6. The Morgan fingerprint density at radius 2 is 1.71 bits per heavy atom. The number of benzene rings is 2. The predicted octanol–water partition coefficient (Wildman–Crippen LogP) is 2.13. The fraction of sp³-hybridized carbons (Fsp3) is 0.174. The topological polar surface area (TPSA) is 154 Å². The van der Waals surface area contributed by atoms with Crippen molar-refractivity contribution >= 4 is 28.7 Å². The normalized spacial score (nSPS) is 15.8. The second-order valence-corrected chi connectivity index (χ2v) is 7.08. The molecule has 1 aromatic heterocycles. The van der Waals surface area contributed by atoms with Gasteiger partial charge in [-0.05, 0) is 28.0 Å². The third kappa shape index (κ3) is 3.38. The minimum absolute atomic E-state index is 0.0275. The van der Waals surface area contributed by atoms with Crippen LogP contribution in [0.5, 0.6) is 5.75 Å². The molecule has 1 aliphatic rings. The first kappa shape index (κ1) is 22.3. The van der Waals surface area contributed by atoms with Gasteiger partial charge in [0.15, 0.2) is 16.8 Å². The maximum absolute atomic E-state index is 13.1. The Balaban J connectivity index is 2.11. The summed E-state index contributed by atoms with van der Waals surface area (Å²) < 4.78 is 20.2. The highest BCUT2D eigenvalue weighted by Crippen LogP contribution is 2.45. The van der Waals surface area contributed by atoms with Crippen molar-refractivity contribution in [3.8, 4) is 11.8 Å². The maximum Gasteiger partial charge on any atom is 0.355 e. The van der Waals surface area contributed by atoms with E-state index >= 15 is 0 Å². The summed E-state index contributed by atoms with van der Waals surface area (Å²) in [5.41, 5.74) is 7.38. The molecular formula is C23H19N5O6. The van der Waals surface area contributed by atoms with Crippen molar-refractivity contribution in [2.24, 2.45) is 5.73 Å². The lowest BCUT2D eigenvalue weighted by Crippen LogP contribution is -2.40. The standard InChI is InChI=1S/C23H19N5O6/c1-31-15-10-9-14(18-19(15)27-34-26-18)28-20(23(30)33-3)17(22(29)32-2)16(13(11-24)21(28)25)12-7-5-4-6-8-12/h4-10,16H,25H2,1-3H3. The Morgan fingerprint density at radius 1 is 1.03 bits per heavy atom. The third-order valence-electron chi connectivity index (χ3n) is 5.43. The van der Waals surface area contributed by atoms with Crippen LogP contribution in [0.2, 0.25) is 0 Å². The first-order valence-electron chi connectivity index (χ1n) is 9.93. The Hall–Kier alpha value is -4.85. The van der Waals surface area contributed by atoms with Gasteiger partial charge in [0, 0.05) is 0 Å². The first-order chi connectivity index (χ1) is 16.5. The summed E-state index contributed by atoms with van der Waals surface area (Å²) in [6.45, 7) is 0. The van der Waals surface area contributed by atoms with Gasteiger partial charge in [0.2, 0.25) is 0 Å². The van der Waals surface area contributed by atoms with Crippen LogP contribution < -0.4 is 15.4 Å². The van der Waals surface area contributed by atoms with E-state index in [4.69, 9.17) is 24.6 Å². The lowest BCUT2D eigenvalue weighted by Gasteiger charge is -2.35. The van der Waals surface area contributed by atoms with E-state index in [0.717, 1.165) is 0 Å². The molecule has 34 heavy (non-hydrogen) atoms. The van der Waals surface area contributed by atoms with E-state index in [-0.39, 0.29) is 39.4 Å². The van der Waals surface area contributed by atoms with E-state index in [0.29, 0.717) is 11.3 Å². The molecule has 2 N–H and O–H groups in total. The molecule has 0 fully saturated rings. The molecule has 4 rings (SSSR count). The highest BCUT2D eigenvalue weighted by Gasteiger charge is 2.43. The summed E-state index contributed by atoms with van der Waals surface area (Å²) in [6.07, 6.45) is 0. The van der Waals surface area contributed by atoms with E-state index in [9.17, 15) is 14.9 Å². The van der Waals surface area contributed by atoms with E-state index in [2.05, 4.69) is 16.4 Å². The van der Waals surface area contributed by atoms with Crippen molar-refractivity contribution < 1.29 is 28.4 Å². The average Bonchev–Trinajstić information content (AvgIpc) is 3.37. The number of aromatic nitrogens is 2. The van der Waals surface area contributed by atoms with E-state index in [1.54, 1.807) is 42.5 Å². The number of hydrogen-bond acceptors (Lipinski definition) is 11. The second-order valence-electron chi connectivity index (χ2n) is 7.08. The van der Waals surface area contributed by atoms with E-state index in [1.807, 2.05) is 0 Å². The summed E-state index contributed by atoms with van der Waals surface area (Å²) in [4.78, 5) is 27.4. The number of ether oxygens (including phenoxy) is 3. The van der Waals surface area contributed by atoms with Gasteiger partial charge in [0.1, 0.15) is 11.5 Å². The van der Waals surface area contributed by atoms with Crippen molar-refractivity contribution in [1.82, 2.24) is 10.3 Å². The van der Waals surface area contributed by atoms with Gasteiger partial charge < -0.3 is 19.9 Å². The van der Waals surface area contributed by atoms with Crippen LogP contribution in [0, 0.1) is 11.3 Å². The molecule has 172 valence electrons. The molecule has 1 unspecified atom stereocenters. The average molecular weight is 461 g/mol. The zero-order chi connectivity index (χ0) is 24.4. The van der Waals surface area contributed by atoms with Crippen LogP contribution >= 0.6 is 0 Å². The van der Waals surface area contributed by atoms with E-state index < -0.39 is 17.9 Å². The maximum atomic E-state index is 13.1. The summed E-state index contributed by atoms with van der Waals surface area (Å²) in [7, 11) is 3.80. The van der Waals surface area contributed by atoms with Gasteiger partial charge in [0.25, 0.3) is 0 Å². The number of esters is 2. The number of allylic oxidation sites excluding steroid dienone is 1. The van der Waals surface area contributed by atoms with Crippen LogP contribution in [0.4, 0.5) is 5.69 Å². The van der Waals surface area contributed by atoms with Crippen LogP contribution in [0.25, 0.3) is 11.0 Å². The van der Waals surface area contributed by atoms with Crippen molar-refractivity contribution in [3.05, 3.63) is 70.7 Å². The minimum atomic E-state index is -0.979. The number of methoxy groups -OCH3 is 3. The highest BCUT2D eigenvalue weighted by molar-refractivity contribution is 6.08. The SMILES string of the molecule is COC(=O)C1=C(C(=O)OC)N(c2ccc(OC)c3nonc23)C(N)=C(C#N)C1c1ccccc1. The summed E-state index contributed by atoms with van der Waals surface area (Å²) in [5.74, 6) is -2.42. The number of carbonyl (C=O) groups is 2. The number of nitriles is 1. The van der Waals surface area contributed by atoms with Crippen LogP contribution in [-0.2, 0) is 19.1 Å². The molecule has 0 spiro atoms. The predicted molar refractivity (Wildman–Crippen MR) is 118 cm³/mol. The molecule has 3 aromatic rings. The molecule has 0 amide bonds. The first-order valence-corrected chi connectivity index (χ1v) is 9.93. The van der Waals surface area contributed by atoms with Crippen molar-refractivity contribution in [2.75, 3.05) is 26.2 Å². The van der Waals surface area contributed by atoms with Gasteiger partial charge in [-0.25, -0.2) is 14.2 Å². The van der Waals surface area contributed by atoms with Gasteiger partial charge in [-0.1, -0.05) is 30.3 Å². The number of anilines is 1. The van der Waals surface area contributed by atoms with Gasteiger partial charge >= 0.3 is 11.9 Å². The molecule has 1 aliphatic heterocycles. The van der Waals surface area contributed by atoms with Crippen LogP contribution in [0.3, 0.4) is 0 Å². The Labute approximate surface area is 193 Å². The molecule has 0 saturated carbocycles. The zero-order valence-electron chi connectivity index (χ0n) is 18.4. The number of rotatable bonds is 5. The van der Waals surface area contributed by atoms with E-state index in [1.165, 1.54) is 26.2 Å². The quantitative estimate of drug-likeness (QED) is 0.556. The van der Waals surface area contributed by atoms with Crippen molar-refractivity contribution in [1.29, 1.82) is 5.26 Å². The van der Waals surface area contributed by atoms with Crippen LogP contribution in [0.15, 0.2) is 69.8 Å². The van der Waals surface area contributed by atoms with Gasteiger partial charge in [-0.15, -0.1) is 0 Å². The number of hydrogen-bond donors (Lipinski definition) is 1. The fourth-order valence-electron chi connectivity index (χ4n) is 3.94. The molecular weight excluding hydrogens is 442 g/mol. The third-order valence-corrected chi connectivity index (χ3v) is 5.43. The van der Waals surface area contributed by atoms with Gasteiger partial charge in [-0.2, -0.15) is 5.26 Å². The monoisotopic (exact) mass is 461 g/mol. The molecule has 0 radical (unpaired) electrons. The van der Waals surface area contributed by atoms with Crippen LogP contribution in [-0.4, -0.2) is 43.6 Å². The lowest BCUT2D eigenvalue weighted by molar-refractivity contribution is -0.139. The largest absolute Gasteiger partial charge is 0.494 e. The Morgan fingerprint density at radius 3 is 2.32 bits per heavy atom. The van der Waals surface area contributed by atoms with Crippen LogP contribution in [0.1, 0.15) is 11.5 Å². The molecule has 0 bridgehead atoms. The number of fused-ring (bicyclic) bond motifs is 1.